The fourth-order valence-corrected chi connectivity index (χ4v) is 3.03. The van der Waals surface area contributed by atoms with Gasteiger partial charge in [0.15, 0.2) is 0 Å². The Morgan fingerprint density at radius 1 is 1.29 bits per heavy atom. The van der Waals surface area contributed by atoms with E-state index in [1.54, 1.807) is 6.20 Å². The molecule has 1 fully saturated rings. The van der Waals surface area contributed by atoms with Crippen LogP contribution in [0.4, 0.5) is 0 Å². The molecule has 3 rings (SSSR count). The summed E-state index contributed by atoms with van der Waals surface area (Å²) in [4.78, 5) is 11.7. The predicted molar refractivity (Wildman–Crippen MR) is 82.8 cm³/mol. The van der Waals surface area contributed by atoms with E-state index in [0.717, 1.165) is 23.4 Å². The number of hydrogen-bond donors (Lipinski definition) is 1. The Morgan fingerprint density at radius 3 is 2.86 bits per heavy atom. The number of hydrogen-bond acceptors (Lipinski definition) is 4. The Balaban J connectivity index is 1.62. The molecule has 1 aliphatic heterocycles. The van der Waals surface area contributed by atoms with Gasteiger partial charge < -0.3 is 4.90 Å². The molecule has 0 radical (unpaired) electrons. The Bertz CT molecular complexity index is 547. The van der Waals surface area contributed by atoms with E-state index in [1.807, 2.05) is 18.6 Å². The summed E-state index contributed by atoms with van der Waals surface area (Å²) in [5.41, 5.74) is 2.95. The molecule has 5 nitrogen and oxygen atoms in total. The Morgan fingerprint density at radius 2 is 2.19 bits per heavy atom. The molecule has 1 saturated heterocycles. The van der Waals surface area contributed by atoms with Crippen molar-refractivity contribution >= 4 is 0 Å². The third-order valence-corrected chi connectivity index (χ3v) is 4.28. The number of nitrogens with one attached hydrogen (secondary N) is 1. The van der Waals surface area contributed by atoms with E-state index in [4.69, 9.17) is 0 Å². The summed E-state index contributed by atoms with van der Waals surface area (Å²) in [7, 11) is 0. The maximum Gasteiger partial charge on any atom is 0.0916 e. The first-order valence-corrected chi connectivity index (χ1v) is 7.76. The first kappa shape index (κ1) is 14.2. The van der Waals surface area contributed by atoms with E-state index in [2.05, 4.69) is 38.9 Å². The molecule has 2 aromatic heterocycles. The van der Waals surface area contributed by atoms with Crippen LogP contribution in [0.5, 0.6) is 0 Å². The van der Waals surface area contributed by atoms with E-state index < -0.39 is 0 Å². The number of aromatic amines is 1. The van der Waals surface area contributed by atoms with Crippen LogP contribution in [0.2, 0.25) is 0 Å². The summed E-state index contributed by atoms with van der Waals surface area (Å²) in [6.45, 7) is 6.98. The Hall–Kier alpha value is -1.75. The standard InChI is InChI=1S/C16H23N5/c1-12(2)21-5-3-4-13(11-21)6-15-9-18-16(10-17-15)14-7-19-20-8-14/h7-10,12-13H,3-6,11H2,1-2H3,(H,19,20). The van der Waals surface area contributed by atoms with E-state index in [0.29, 0.717) is 12.0 Å². The van der Waals surface area contributed by atoms with E-state index in [-0.39, 0.29) is 0 Å². The van der Waals surface area contributed by atoms with Gasteiger partial charge in [-0.25, -0.2) is 0 Å². The van der Waals surface area contributed by atoms with Gasteiger partial charge in [0.05, 0.1) is 23.8 Å². The predicted octanol–water partition coefficient (Wildman–Crippen LogP) is 2.53. The van der Waals surface area contributed by atoms with Crippen molar-refractivity contribution in [2.45, 2.75) is 39.2 Å². The van der Waals surface area contributed by atoms with Gasteiger partial charge >= 0.3 is 0 Å². The summed E-state index contributed by atoms with van der Waals surface area (Å²) < 4.78 is 0. The fraction of sp³-hybridized carbons (Fsp3) is 0.562. The highest BCUT2D eigenvalue weighted by molar-refractivity contribution is 5.55. The molecule has 1 aliphatic rings. The third-order valence-electron chi connectivity index (χ3n) is 4.28. The molecule has 1 unspecified atom stereocenters. The molecule has 5 heteroatoms. The molecule has 0 bridgehead atoms. The zero-order valence-electron chi connectivity index (χ0n) is 12.8. The van der Waals surface area contributed by atoms with Crippen molar-refractivity contribution in [2.24, 2.45) is 5.92 Å². The number of H-pyrrole nitrogens is 1. The summed E-state index contributed by atoms with van der Waals surface area (Å²) in [5.74, 6) is 0.704. The van der Waals surface area contributed by atoms with Crippen molar-refractivity contribution in [1.29, 1.82) is 0 Å². The van der Waals surface area contributed by atoms with Gasteiger partial charge in [0.2, 0.25) is 0 Å². The molecular weight excluding hydrogens is 262 g/mol. The van der Waals surface area contributed by atoms with Crippen LogP contribution in [-0.4, -0.2) is 44.2 Å². The molecule has 1 atom stereocenters. The maximum atomic E-state index is 4.58. The highest BCUT2D eigenvalue weighted by Crippen LogP contribution is 2.22. The molecular formula is C16H23N5. The second kappa shape index (κ2) is 6.35. The van der Waals surface area contributed by atoms with Crippen molar-refractivity contribution in [3.05, 3.63) is 30.5 Å². The van der Waals surface area contributed by atoms with Gasteiger partial charge in [0.1, 0.15) is 0 Å². The zero-order valence-corrected chi connectivity index (χ0v) is 12.8. The second-order valence-corrected chi connectivity index (χ2v) is 6.18. The van der Waals surface area contributed by atoms with Gasteiger partial charge in [-0.3, -0.25) is 15.1 Å². The van der Waals surface area contributed by atoms with Gasteiger partial charge in [0, 0.05) is 30.5 Å². The van der Waals surface area contributed by atoms with E-state index in [1.165, 1.54) is 25.9 Å². The smallest absolute Gasteiger partial charge is 0.0916 e. The lowest BCUT2D eigenvalue weighted by Crippen LogP contribution is -2.40. The highest BCUT2D eigenvalue weighted by Gasteiger charge is 2.22. The van der Waals surface area contributed by atoms with Crippen molar-refractivity contribution in [3.63, 3.8) is 0 Å². The van der Waals surface area contributed by atoms with Crippen LogP contribution >= 0.6 is 0 Å². The average molecular weight is 285 g/mol. The van der Waals surface area contributed by atoms with Crippen molar-refractivity contribution < 1.29 is 0 Å². The lowest BCUT2D eigenvalue weighted by Gasteiger charge is -2.35. The summed E-state index contributed by atoms with van der Waals surface area (Å²) in [5, 5.41) is 6.74. The molecule has 3 heterocycles. The SMILES string of the molecule is CC(C)N1CCCC(Cc2cnc(-c3cn[nH]c3)cn2)C1. The number of aromatic nitrogens is 4. The van der Waals surface area contributed by atoms with Gasteiger partial charge in [-0.05, 0) is 45.6 Å². The summed E-state index contributed by atoms with van der Waals surface area (Å²) in [6.07, 6.45) is 11.0. The van der Waals surface area contributed by atoms with Gasteiger partial charge in [-0.2, -0.15) is 5.10 Å². The summed E-state index contributed by atoms with van der Waals surface area (Å²) >= 11 is 0. The van der Waals surface area contributed by atoms with Crippen LogP contribution < -0.4 is 0 Å². The van der Waals surface area contributed by atoms with Crippen LogP contribution in [0.1, 0.15) is 32.4 Å². The number of piperidine rings is 1. The van der Waals surface area contributed by atoms with Crippen LogP contribution in [-0.2, 0) is 6.42 Å². The quantitative estimate of drug-likeness (QED) is 0.938. The van der Waals surface area contributed by atoms with Gasteiger partial charge in [-0.1, -0.05) is 0 Å². The molecule has 21 heavy (non-hydrogen) atoms. The van der Waals surface area contributed by atoms with Crippen molar-refractivity contribution in [3.8, 4) is 11.3 Å². The molecule has 112 valence electrons. The van der Waals surface area contributed by atoms with Crippen LogP contribution in [0.25, 0.3) is 11.3 Å². The minimum atomic E-state index is 0.641. The molecule has 0 amide bonds. The highest BCUT2D eigenvalue weighted by atomic mass is 15.2. The molecule has 0 saturated carbocycles. The number of nitrogens with zero attached hydrogens (tertiary/aromatic N) is 4. The zero-order chi connectivity index (χ0) is 14.7. The Kier molecular flexibility index (Phi) is 4.29. The van der Waals surface area contributed by atoms with Crippen LogP contribution in [0, 0.1) is 5.92 Å². The molecule has 1 N–H and O–H groups in total. The van der Waals surface area contributed by atoms with Gasteiger partial charge in [0.25, 0.3) is 0 Å². The third kappa shape index (κ3) is 3.47. The molecule has 2 aromatic rings. The molecule has 0 spiro atoms. The van der Waals surface area contributed by atoms with E-state index >= 15 is 0 Å². The molecule has 0 aliphatic carbocycles. The number of likely N-dealkylation sites (tertiary alicyclic amines) is 1. The van der Waals surface area contributed by atoms with Gasteiger partial charge in [-0.15, -0.1) is 0 Å². The Labute approximate surface area is 125 Å². The average Bonchev–Trinajstić information content (AvgIpc) is 3.02. The van der Waals surface area contributed by atoms with Crippen molar-refractivity contribution in [1.82, 2.24) is 25.1 Å². The topological polar surface area (TPSA) is 57.7 Å². The first-order chi connectivity index (χ1) is 10.2. The normalized spacial score (nSPS) is 20.0. The van der Waals surface area contributed by atoms with E-state index in [9.17, 15) is 0 Å². The van der Waals surface area contributed by atoms with Crippen LogP contribution in [0.3, 0.4) is 0 Å². The number of rotatable bonds is 4. The fourth-order valence-electron chi connectivity index (χ4n) is 3.03. The lowest BCUT2D eigenvalue weighted by molar-refractivity contribution is 0.139. The second-order valence-electron chi connectivity index (χ2n) is 6.18. The monoisotopic (exact) mass is 285 g/mol. The largest absolute Gasteiger partial charge is 0.301 e. The maximum absolute atomic E-state index is 4.58. The lowest BCUT2D eigenvalue weighted by atomic mass is 9.93. The minimum absolute atomic E-state index is 0.641. The minimum Gasteiger partial charge on any atom is -0.301 e. The molecule has 0 aromatic carbocycles. The van der Waals surface area contributed by atoms with Crippen molar-refractivity contribution in [2.75, 3.05) is 13.1 Å². The summed E-state index contributed by atoms with van der Waals surface area (Å²) in [6, 6.07) is 0.641. The first-order valence-electron chi connectivity index (χ1n) is 7.76. The van der Waals surface area contributed by atoms with Crippen LogP contribution in [0.15, 0.2) is 24.8 Å².